The van der Waals surface area contributed by atoms with Gasteiger partial charge in [-0.1, -0.05) is 55.7 Å². The summed E-state index contributed by atoms with van der Waals surface area (Å²) in [6, 6.07) is 16.8. The van der Waals surface area contributed by atoms with Crippen molar-refractivity contribution in [2.24, 2.45) is 11.8 Å². The van der Waals surface area contributed by atoms with Crippen molar-refractivity contribution in [2.45, 2.75) is 77.0 Å². The monoisotopic (exact) mass is 446 g/mol. The van der Waals surface area contributed by atoms with Crippen molar-refractivity contribution in [3.63, 3.8) is 0 Å². The Morgan fingerprint density at radius 1 is 1.09 bits per heavy atom. The average molecular weight is 447 g/mol. The molecule has 0 spiro atoms. The van der Waals surface area contributed by atoms with Crippen LogP contribution in [0, 0.1) is 18.8 Å². The lowest BCUT2D eigenvalue weighted by atomic mass is 9.77. The molecular formula is C30H42N2O. The Bertz CT molecular complexity index is 948. The summed E-state index contributed by atoms with van der Waals surface area (Å²) >= 11 is 0. The van der Waals surface area contributed by atoms with Crippen molar-refractivity contribution in [1.82, 2.24) is 9.80 Å². The normalized spacial score (nSPS) is 27.2. The molecule has 0 aromatic heterocycles. The van der Waals surface area contributed by atoms with Gasteiger partial charge in [-0.3, -0.25) is 4.90 Å². The predicted molar refractivity (Wildman–Crippen MR) is 137 cm³/mol. The van der Waals surface area contributed by atoms with E-state index in [1.807, 2.05) is 6.92 Å². The number of hydrogen-bond acceptors (Lipinski definition) is 3. The van der Waals surface area contributed by atoms with Gasteiger partial charge in [-0.05, 0) is 86.4 Å². The number of aliphatic hydroxyl groups is 1. The minimum atomic E-state index is -0.260. The lowest BCUT2D eigenvalue weighted by molar-refractivity contribution is -0.0330. The minimum absolute atomic E-state index is 0.260. The van der Waals surface area contributed by atoms with Crippen LogP contribution in [0.25, 0.3) is 11.1 Å². The van der Waals surface area contributed by atoms with Crippen molar-refractivity contribution < 1.29 is 5.11 Å². The van der Waals surface area contributed by atoms with Crippen LogP contribution in [0.5, 0.6) is 0 Å². The molecule has 0 unspecified atom stereocenters. The Labute approximate surface area is 200 Å². The predicted octanol–water partition coefficient (Wildman–Crippen LogP) is 5.84. The van der Waals surface area contributed by atoms with Gasteiger partial charge in [0.05, 0.1) is 6.10 Å². The van der Waals surface area contributed by atoms with Crippen molar-refractivity contribution in [1.29, 1.82) is 0 Å². The molecule has 2 aromatic carbocycles. The average Bonchev–Trinajstić information content (AvgIpc) is 2.83. The zero-order chi connectivity index (χ0) is 22.9. The Morgan fingerprint density at radius 2 is 1.88 bits per heavy atom. The highest BCUT2D eigenvalue weighted by molar-refractivity contribution is 5.68. The quantitative estimate of drug-likeness (QED) is 0.625. The number of benzene rings is 2. The van der Waals surface area contributed by atoms with Crippen LogP contribution in [0.15, 0.2) is 42.5 Å². The first-order chi connectivity index (χ1) is 16.0. The zero-order valence-electron chi connectivity index (χ0n) is 20.8. The van der Waals surface area contributed by atoms with Gasteiger partial charge in [0.25, 0.3) is 0 Å². The first-order valence-corrected chi connectivity index (χ1v) is 13.3. The fourth-order valence-electron chi connectivity index (χ4n) is 7.00. The van der Waals surface area contributed by atoms with Crippen molar-refractivity contribution in [3.05, 3.63) is 59.2 Å². The van der Waals surface area contributed by atoms with Crippen LogP contribution in [0.1, 0.15) is 68.2 Å². The molecule has 1 aliphatic carbocycles. The Hall–Kier alpha value is -1.68. The molecule has 5 rings (SSSR count). The van der Waals surface area contributed by atoms with Gasteiger partial charge in [0.1, 0.15) is 0 Å². The highest BCUT2D eigenvalue weighted by Crippen LogP contribution is 2.42. The van der Waals surface area contributed by atoms with Crippen LogP contribution in [-0.2, 0) is 6.42 Å². The van der Waals surface area contributed by atoms with E-state index in [4.69, 9.17) is 0 Å². The van der Waals surface area contributed by atoms with Crippen LogP contribution in [0.2, 0.25) is 0 Å². The Kier molecular flexibility index (Phi) is 6.92. The number of rotatable bonds is 5. The maximum atomic E-state index is 10.8. The summed E-state index contributed by atoms with van der Waals surface area (Å²) in [7, 11) is 2.33. The van der Waals surface area contributed by atoms with Crippen molar-refractivity contribution in [2.75, 3.05) is 26.7 Å². The Balaban J connectivity index is 1.42. The van der Waals surface area contributed by atoms with Crippen molar-refractivity contribution >= 4 is 0 Å². The number of fused-ring (bicyclic) bond motifs is 3. The molecule has 33 heavy (non-hydrogen) atoms. The topological polar surface area (TPSA) is 26.7 Å². The van der Waals surface area contributed by atoms with Crippen LogP contribution < -0.4 is 0 Å². The maximum Gasteiger partial charge on any atom is 0.0567 e. The van der Waals surface area contributed by atoms with E-state index in [9.17, 15) is 5.11 Å². The summed E-state index contributed by atoms with van der Waals surface area (Å²) in [5.74, 6) is 1.17. The first-order valence-electron chi connectivity index (χ1n) is 13.3. The van der Waals surface area contributed by atoms with E-state index < -0.39 is 0 Å². The molecule has 2 fully saturated rings. The highest BCUT2D eigenvalue weighted by Gasteiger charge is 2.42. The molecule has 3 aliphatic rings. The third kappa shape index (κ3) is 4.78. The van der Waals surface area contributed by atoms with Crippen LogP contribution in [0.3, 0.4) is 0 Å². The second-order valence-corrected chi connectivity index (χ2v) is 11.1. The van der Waals surface area contributed by atoms with E-state index in [0.717, 1.165) is 31.8 Å². The molecule has 2 aliphatic heterocycles. The molecule has 1 saturated carbocycles. The third-order valence-corrected chi connectivity index (χ3v) is 8.93. The van der Waals surface area contributed by atoms with Gasteiger partial charge in [0.2, 0.25) is 0 Å². The third-order valence-electron chi connectivity index (χ3n) is 8.93. The largest absolute Gasteiger partial charge is 0.393 e. The van der Waals surface area contributed by atoms with Crippen LogP contribution in [-0.4, -0.2) is 53.7 Å². The van der Waals surface area contributed by atoms with E-state index in [2.05, 4.69) is 66.2 Å². The van der Waals surface area contributed by atoms with E-state index >= 15 is 0 Å². The zero-order valence-corrected chi connectivity index (χ0v) is 20.8. The molecule has 0 bridgehead atoms. The molecule has 1 N–H and O–H groups in total. The van der Waals surface area contributed by atoms with Gasteiger partial charge >= 0.3 is 0 Å². The molecule has 0 radical (unpaired) electrons. The van der Waals surface area contributed by atoms with Gasteiger partial charge in [-0.2, -0.15) is 0 Å². The summed E-state index contributed by atoms with van der Waals surface area (Å²) in [6.07, 6.45) is 8.96. The molecule has 0 amide bonds. The van der Waals surface area contributed by atoms with Crippen molar-refractivity contribution in [3.8, 4) is 11.1 Å². The SMILES string of the molecule is Cc1ccccc1-c1ccc2c(c1)[C@@H]1C[C@H](N(C)CC3CCCCC3)[C@H]([C@H](C)O)CN1CC2. The molecule has 2 aromatic rings. The van der Waals surface area contributed by atoms with Gasteiger partial charge in [-0.15, -0.1) is 0 Å². The lowest BCUT2D eigenvalue weighted by Gasteiger charge is -2.51. The fourth-order valence-corrected chi connectivity index (χ4v) is 7.00. The highest BCUT2D eigenvalue weighted by atomic mass is 16.3. The number of hydrogen-bond donors (Lipinski definition) is 1. The summed E-state index contributed by atoms with van der Waals surface area (Å²) in [5.41, 5.74) is 7.09. The van der Waals surface area contributed by atoms with Crippen LogP contribution >= 0.6 is 0 Å². The van der Waals surface area contributed by atoms with E-state index in [1.165, 1.54) is 66.5 Å². The standard InChI is InChI=1S/C30H42N2O/c1-21-9-7-8-12-26(21)25-14-13-24-15-16-32-20-28(22(2)33)29(18-30(32)27(24)17-25)31(3)19-23-10-5-4-6-11-23/h7-9,12-14,17,22-23,28-30,33H,4-6,10-11,15-16,18-20H2,1-3H3/t22-,28-,29-,30-/m0/s1. The van der Waals surface area contributed by atoms with Gasteiger partial charge < -0.3 is 10.0 Å². The molecule has 4 atom stereocenters. The summed E-state index contributed by atoms with van der Waals surface area (Å²) in [6.45, 7) is 7.54. The summed E-state index contributed by atoms with van der Waals surface area (Å²) in [5, 5.41) is 10.8. The number of piperidine rings is 1. The second-order valence-electron chi connectivity index (χ2n) is 11.1. The smallest absolute Gasteiger partial charge is 0.0567 e. The molecule has 1 saturated heterocycles. The maximum absolute atomic E-state index is 10.8. The summed E-state index contributed by atoms with van der Waals surface area (Å²) < 4.78 is 0. The van der Waals surface area contributed by atoms with Crippen LogP contribution in [0.4, 0.5) is 0 Å². The molecule has 3 heteroatoms. The van der Waals surface area contributed by atoms with E-state index in [1.54, 1.807) is 0 Å². The molecule has 178 valence electrons. The Morgan fingerprint density at radius 3 is 2.64 bits per heavy atom. The molecule has 2 heterocycles. The van der Waals surface area contributed by atoms with Gasteiger partial charge in [0, 0.05) is 37.6 Å². The second kappa shape index (κ2) is 9.90. The number of aryl methyl sites for hydroxylation is 1. The lowest BCUT2D eigenvalue weighted by Crippen LogP contribution is -2.56. The number of nitrogens with zero attached hydrogens (tertiary/aromatic N) is 2. The fraction of sp³-hybridized carbons (Fsp3) is 0.600. The van der Waals surface area contributed by atoms with Gasteiger partial charge in [-0.25, -0.2) is 0 Å². The van der Waals surface area contributed by atoms with E-state index in [0.29, 0.717) is 18.0 Å². The summed E-state index contributed by atoms with van der Waals surface area (Å²) in [4.78, 5) is 5.30. The number of aliphatic hydroxyl groups excluding tert-OH is 1. The van der Waals surface area contributed by atoms with Gasteiger partial charge in [0.15, 0.2) is 0 Å². The first kappa shape index (κ1) is 23.1. The van der Waals surface area contributed by atoms with E-state index in [-0.39, 0.29) is 6.10 Å². The minimum Gasteiger partial charge on any atom is -0.393 e. The molecule has 3 nitrogen and oxygen atoms in total. The molecular weight excluding hydrogens is 404 g/mol.